The molecule has 6 heteroatoms. The molecule has 0 spiro atoms. The van der Waals surface area contributed by atoms with Gasteiger partial charge in [-0.15, -0.1) is 0 Å². The van der Waals surface area contributed by atoms with Crippen LogP contribution in [0, 0.1) is 0 Å². The Hall–Kier alpha value is -1.56. The van der Waals surface area contributed by atoms with Crippen molar-refractivity contribution in [2.75, 3.05) is 13.7 Å². The zero-order valence-electron chi connectivity index (χ0n) is 11.9. The van der Waals surface area contributed by atoms with Gasteiger partial charge in [0, 0.05) is 12.1 Å². The van der Waals surface area contributed by atoms with Crippen LogP contribution in [0.15, 0.2) is 22.7 Å². The van der Waals surface area contributed by atoms with Gasteiger partial charge in [-0.1, -0.05) is 0 Å². The molecule has 0 aliphatic rings. The highest BCUT2D eigenvalue weighted by molar-refractivity contribution is 9.10. The van der Waals surface area contributed by atoms with E-state index in [1.54, 1.807) is 25.1 Å². The normalized spacial score (nSPS) is 11.1. The number of likely N-dealkylation sites (N-methyl/N-ethyl adjacent to an activating group) is 1. The number of aliphatic carboxylic acids is 1. The van der Waals surface area contributed by atoms with Crippen molar-refractivity contribution in [3.63, 3.8) is 0 Å². The summed E-state index contributed by atoms with van der Waals surface area (Å²) in [5, 5.41) is 9.25. The van der Waals surface area contributed by atoms with E-state index in [4.69, 9.17) is 4.74 Å². The second-order valence-corrected chi connectivity index (χ2v) is 5.62. The molecule has 0 heterocycles. The molecule has 1 amide bonds. The van der Waals surface area contributed by atoms with Crippen molar-refractivity contribution in [2.24, 2.45) is 0 Å². The molecule has 1 aromatic rings. The number of carboxylic acid groups (broad SMARTS) is 1. The Morgan fingerprint density at radius 3 is 2.40 bits per heavy atom. The number of hydrogen-bond donors (Lipinski definition) is 1. The summed E-state index contributed by atoms with van der Waals surface area (Å²) in [7, 11) is 1.54. The minimum Gasteiger partial charge on any atom is -0.496 e. The van der Waals surface area contributed by atoms with Crippen LogP contribution in [0.25, 0.3) is 0 Å². The molecule has 0 saturated heterocycles. The quantitative estimate of drug-likeness (QED) is 0.892. The van der Waals surface area contributed by atoms with Crippen LogP contribution >= 0.6 is 15.9 Å². The van der Waals surface area contributed by atoms with E-state index >= 15 is 0 Å². The first-order valence-corrected chi connectivity index (χ1v) is 6.93. The number of hydrogen-bond acceptors (Lipinski definition) is 3. The van der Waals surface area contributed by atoms with Crippen molar-refractivity contribution in [2.45, 2.75) is 26.3 Å². The molecular weight excluding hydrogens is 326 g/mol. The topological polar surface area (TPSA) is 66.8 Å². The largest absolute Gasteiger partial charge is 0.496 e. The number of halogens is 1. The highest BCUT2D eigenvalue weighted by Crippen LogP contribution is 2.27. The zero-order valence-corrected chi connectivity index (χ0v) is 13.5. The number of rotatable bonds is 5. The van der Waals surface area contributed by atoms with E-state index in [1.165, 1.54) is 25.9 Å². The monoisotopic (exact) mass is 343 g/mol. The molecule has 0 aliphatic carbocycles. The lowest BCUT2D eigenvalue weighted by Crippen LogP contribution is -2.52. The van der Waals surface area contributed by atoms with Crippen LogP contribution < -0.4 is 4.74 Å². The molecule has 0 atom stereocenters. The Bertz CT molecular complexity index is 528. The maximum atomic E-state index is 12.5. The van der Waals surface area contributed by atoms with Gasteiger partial charge in [0.25, 0.3) is 5.91 Å². The number of methoxy groups -OCH3 is 1. The van der Waals surface area contributed by atoms with E-state index in [1.807, 2.05) is 0 Å². The average molecular weight is 344 g/mol. The fraction of sp³-hybridized carbons (Fsp3) is 0.429. The van der Waals surface area contributed by atoms with Gasteiger partial charge < -0.3 is 14.7 Å². The van der Waals surface area contributed by atoms with E-state index in [2.05, 4.69) is 15.9 Å². The minimum absolute atomic E-state index is 0.307. The van der Waals surface area contributed by atoms with Crippen molar-refractivity contribution in [1.82, 2.24) is 4.90 Å². The van der Waals surface area contributed by atoms with Crippen molar-refractivity contribution in [1.29, 1.82) is 0 Å². The first kappa shape index (κ1) is 16.5. The predicted molar refractivity (Wildman–Crippen MR) is 79.1 cm³/mol. The second kappa shape index (κ2) is 6.26. The molecule has 1 N–H and O–H groups in total. The smallest absolute Gasteiger partial charge is 0.329 e. The fourth-order valence-corrected chi connectivity index (χ4v) is 2.40. The second-order valence-electron chi connectivity index (χ2n) is 4.76. The van der Waals surface area contributed by atoms with Crippen molar-refractivity contribution in [3.8, 4) is 5.75 Å². The first-order valence-electron chi connectivity index (χ1n) is 6.14. The van der Waals surface area contributed by atoms with Crippen LogP contribution in [-0.4, -0.2) is 41.1 Å². The molecule has 1 aromatic carbocycles. The van der Waals surface area contributed by atoms with E-state index < -0.39 is 11.5 Å². The maximum Gasteiger partial charge on any atom is 0.329 e. The molecule has 110 valence electrons. The summed E-state index contributed by atoms with van der Waals surface area (Å²) in [5.74, 6) is -0.759. The van der Waals surface area contributed by atoms with E-state index in [0.717, 1.165) is 0 Å². The van der Waals surface area contributed by atoms with E-state index in [-0.39, 0.29) is 5.91 Å². The molecule has 0 bridgehead atoms. The third-order valence-corrected chi connectivity index (χ3v) is 3.78. The van der Waals surface area contributed by atoms with Crippen LogP contribution in [-0.2, 0) is 4.79 Å². The molecule has 0 fully saturated rings. The van der Waals surface area contributed by atoms with Gasteiger partial charge in [-0.05, 0) is 54.9 Å². The van der Waals surface area contributed by atoms with Gasteiger partial charge in [-0.2, -0.15) is 0 Å². The Morgan fingerprint density at radius 1 is 1.40 bits per heavy atom. The Labute approximate surface area is 126 Å². The molecule has 5 nitrogen and oxygen atoms in total. The summed E-state index contributed by atoms with van der Waals surface area (Å²) >= 11 is 3.31. The van der Waals surface area contributed by atoms with Gasteiger partial charge in [0.05, 0.1) is 11.6 Å². The number of carbonyl (C=O) groups is 2. The lowest BCUT2D eigenvalue weighted by atomic mass is 10.0. The van der Waals surface area contributed by atoms with Crippen molar-refractivity contribution >= 4 is 27.8 Å². The molecule has 0 aromatic heterocycles. The standard InChI is InChI=1S/C14H18BrNO4/c1-5-16(14(2,3)13(18)19)12(17)9-6-7-11(20-4)10(15)8-9/h6-8H,5H2,1-4H3,(H,18,19). The van der Waals surface area contributed by atoms with Gasteiger partial charge in [0.15, 0.2) is 0 Å². The number of amides is 1. The lowest BCUT2D eigenvalue weighted by Gasteiger charge is -2.34. The van der Waals surface area contributed by atoms with Crippen LogP contribution in [0.1, 0.15) is 31.1 Å². The third kappa shape index (κ3) is 3.12. The zero-order chi connectivity index (χ0) is 15.5. The van der Waals surface area contributed by atoms with Crippen LogP contribution in [0.4, 0.5) is 0 Å². The lowest BCUT2D eigenvalue weighted by molar-refractivity contribution is -0.147. The number of benzene rings is 1. The van der Waals surface area contributed by atoms with Crippen LogP contribution in [0.2, 0.25) is 0 Å². The third-order valence-electron chi connectivity index (χ3n) is 3.16. The molecule has 0 aliphatic heterocycles. The highest BCUT2D eigenvalue weighted by atomic mass is 79.9. The van der Waals surface area contributed by atoms with Crippen molar-refractivity contribution < 1.29 is 19.4 Å². The van der Waals surface area contributed by atoms with Crippen LogP contribution in [0.3, 0.4) is 0 Å². The summed E-state index contributed by atoms with van der Waals surface area (Å²) in [4.78, 5) is 25.1. The average Bonchev–Trinajstić information content (AvgIpc) is 2.38. The summed E-state index contributed by atoms with van der Waals surface area (Å²) in [5.41, 5.74) is -0.855. The Balaban J connectivity index is 3.15. The molecule has 1 rings (SSSR count). The minimum atomic E-state index is -1.27. The van der Waals surface area contributed by atoms with Gasteiger partial charge in [-0.25, -0.2) is 4.79 Å². The summed E-state index contributed by atoms with van der Waals surface area (Å²) in [6.07, 6.45) is 0. The molecule has 0 saturated carbocycles. The molecule has 20 heavy (non-hydrogen) atoms. The SMILES string of the molecule is CCN(C(=O)c1ccc(OC)c(Br)c1)C(C)(C)C(=O)O. The molecule has 0 radical (unpaired) electrons. The Kier molecular flexibility index (Phi) is 5.16. The summed E-state index contributed by atoms with van der Waals surface area (Å²) < 4.78 is 5.75. The summed E-state index contributed by atoms with van der Waals surface area (Å²) in [6, 6.07) is 4.91. The van der Waals surface area contributed by atoms with E-state index in [9.17, 15) is 14.7 Å². The van der Waals surface area contributed by atoms with Crippen molar-refractivity contribution in [3.05, 3.63) is 28.2 Å². The number of carboxylic acids is 1. The Morgan fingerprint density at radius 2 is 2.00 bits per heavy atom. The maximum absolute atomic E-state index is 12.5. The number of ether oxygens (including phenoxy) is 1. The highest BCUT2D eigenvalue weighted by Gasteiger charge is 2.37. The molecular formula is C14H18BrNO4. The summed E-state index contributed by atoms with van der Waals surface area (Å²) in [6.45, 7) is 5.08. The fourth-order valence-electron chi connectivity index (χ4n) is 1.86. The number of carbonyl (C=O) groups excluding carboxylic acids is 1. The van der Waals surface area contributed by atoms with Gasteiger partial charge in [0.2, 0.25) is 0 Å². The number of nitrogens with zero attached hydrogens (tertiary/aromatic N) is 1. The van der Waals surface area contributed by atoms with E-state index in [0.29, 0.717) is 22.3 Å². The first-order chi connectivity index (χ1) is 9.25. The predicted octanol–water partition coefficient (Wildman–Crippen LogP) is 2.78. The van der Waals surface area contributed by atoms with Crippen LogP contribution in [0.5, 0.6) is 5.75 Å². The molecule has 0 unspecified atom stereocenters. The van der Waals surface area contributed by atoms with Gasteiger partial charge in [-0.3, -0.25) is 4.79 Å². The van der Waals surface area contributed by atoms with Gasteiger partial charge >= 0.3 is 5.97 Å². The van der Waals surface area contributed by atoms with Gasteiger partial charge in [0.1, 0.15) is 11.3 Å².